The normalized spacial score (nSPS) is 11.2. The summed E-state index contributed by atoms with van der Waals surface area (Å²) in [5.41, 5.74) is 0.962. The van der Waals surface area contributed by atoms with Gasteiger partial charge in [0.15, 0.2) is 0 Å². The lowest BCUT2D eigenvalue weighted by molar-refractivity contribution is 1.53. The van der Waals surface area contributed by atoms with Crippen LogP contribution in [0.4, 0.5) is 0 Å². The molecule has 0 amide bonds. The van der Waals surface area contributed by atoms with Crippen molar-refractivity contribution in [2.24, 2.45) is 0 Å². The van der Waals surface area contributed by atoms with Gasteiger partial charge < -0.3 is 0 Å². The van der Waals surface area contributed by atoms with Gasteiger partial charge in [0.1, 0.15) is 0 Å². The largest absolute Gasteiger partial charge is 0.193 e. The Labute approximate surface area is 74.5 Å². The molecule has 0 spiro atoms. The van der Waals surface area contributed by atoms with Crippen molar-refractivity contribution in [1.29, 1.82) is 5.26 Å². The summed E-state index contributed by atoms with van der Waals surface area (Å²) in [6.07, 6.45) is 1.52. The second-order valence-corrected chi connectivity index (χ2v) is 3.78. The Morgan fingerprint density at radius 1 is 1.73 bits per heavy atom. The first-order valence-electron chi connectivity index (χ1n) is 3.06. The lowest BCUT2D eigenvalue weighted by atomic mass is 10.2. The number of allylic oxidation sites excluding steroid dienone is 2. The van der Waals surface area contributed by atoms with E-state index in [0.29, 0.717) is 0 Å². The zero-order valence-corrected chi connectivity index (χ0v) is 7.54. The highest BCUT2D eigenvalue weighted by Crippen LogP contribution is 2.26. The van der Waals surface area contributed by atoms with Gasteiger partial charge in [0.05, 0.1) is 10.4 Å². The van der Waals surface area contributed by atoms with Crippen molar-refractivity contribution in [2.75, 3.05) is 0 Å². The summed E-state index contributed by atoms with van der Waals surface area (Å²) in [5, 5.41) is 8.35. The standard InChI is InChI=1S/C8H6ClNS/c1-6(4-5-10)7-2-3-8(9)11-7/h2-4H,1H3. The Kier molecular flexibility index (Phi) is 2.70. The molecule has 11 heavy (non-hydrogen) atoms. The number of nitriles is 1. The minimum atomic E-state index is 0.755. The molecule has 1 aromatic heterocycles. The molecule has 0 saturated heterocycles. The Balaban J connectivity index is 2.95. The lowest BCUT2D eigenvalue weighted by Gasteiger charge is -1.89. The topological polar surface area (TPSA) is 23.8 Å². The van der Waals surface area contributed by atoms with Gasteiger partial charge in [0.25, 0.3) is 0 Å². The predicted molar refractivity (Wildman–Crippen MR) is 48.6 cm³/mol. The van der Waals surface area contributed by atoms with Gasteiger partial charge in [-0.25, -0.2) is 0 Å². The van der Waals surface area contributed by atoms with Crippen molar-refractivity contribution in [2.45, 2.75) is 6.92 Å². The second kappa shape index (κ2) is 3.56. The Bertz CT molecular complexity index is 319. The molecule has 0 aliphatic rings. The Morgan fingerprint density at radius 2 is 2.45 bits per heavy atom. The number of thiophene rings is 1. The van der Waals surface area contributed by atoms with Crippen molar-refractivity contribution in [3.05, 3.63) is 27.4 Å². The smallest absolute Gasteiger partial charge is 0.0934 e. The summed E-state index contributed by atoms with van der Waals surface area (Å²) < 4.78 is 0.755. The SMILES string of the molecule is CC(=CC#N)c1ccc(Cl)s1. The number of hydrogen-bond donors (Lipinski definition) is 0. The molecule has 1 rings (SSSR count). The molecule has 0 unspecified atom stereocenters. The van der Waals surface area contributed by atoms with Crippen LogP contribution in [0.3, 0.4) is 0 Å². The summed E-state index contributed by atoms with van der Waals surface area (Å²) in [5.74, 6) is 0. The van der Waals surface area contributed by atoms with E-state index >= 15 is 0 Å². The highest BCUT2D eigenvalue weighted by molar-refractivity contribution is 7.17. The first-order valence-corrected chi connectivity index (χ1v) is 4.25. The second-order valence-electron chi connectivity index (χ2n) is 2.06. The van der Waals surface area contributed by atoms with Crippen LogP contribution in [0.1, 0.15) is 11.8 Å². The maximum atomic E-state index is 8.35. The monoisotopic (exact) mass is 183 g/mol. The molecule has 56 valence electrons. The van der Waals surface area contributed by atoms with Gasteiger partial charge in [-0.05, 0) is 24.6 Å². The van der Waals surface area contributed by atoms with Crippen LogP contribution in [0.15, 0.2) is 18.2 Å². The van der Waals surface area contributed by atoms with Crippen LogP contribution >= 0.6 is 22.9 Å². The molecule has 1 aromatic rings. The quantitative estimate of drug-likeness (QED) is 0.613. The van der Waals surface area contributed by atoms with E-state index in [1.165, 1.54) is 17.4 Å². The third kappa shape index (κ3) is 2.07. The molecule has 0 aliphatic carbocycles. The van der Waals surface area contributed by atoms with Gasteiger partial charge in [0, 0.05) is 11.0 Å². The van der Waals surface area contributed by atoms with Gasteiger partial charge >= 0.3 is 0 Å². The molecule has 0 radical (unpaired) electrons. The van der Waals surface area contributed by atoms with Gasteiger partial charge in [-0.2, -0.15) is 5.26 Å². The zero-order valence-electron chi connectivity index (χ0n) is 5.97. The van der Waals surface area contributed by atoms with Crippen LogP contribution in [-0.2, 0) is 0 Å². The summed E-state index contributed by atoms with van der Waals surface area (Å²) in [6, 6.07) is 5.72. The van der Waals surface area contributed by atoms with E-state index < -0.39 is 0 Å². The summed E-state index contributed by atoms with van der Waals surface area (Å²) in [4.78, 5) is 1.05. The maximum absolute atomic E-state index is 8.35. The van der Waals surface area contributed by atoms with Crippen LogP contribution in [-0.4, -0.2) is 0 Å². The first kappa shape index (κ1) is 8.32. The van der Waals surface area contributed by atoms with Crippen LogP contribution in [0.5, 0.6) is 0 Å². The van der Waals surface area contributed by atoms with Gasteiger partial charge in [0.2, 0.25) is 0 Å². The van der Waals surface area contributed by atoms with Crippen LogP contribution in [0.25, 0.3) is 5.57 Å². The lowest BCUT2D eigenvalue weighted by Crippen LogP contribution is -1.67. The molecule has 1 heterocycles. The Morgan fingerprint density at radius 3 is 2.91 bits per heavy atom. The molecule has 0 bridgehead atoms. The molecular weight excluding hydrogens is 178 g/mol. The maximum Gasteiger partial charge on any atom is 0.0934 e. The van der Waals surface area contributed by atoms with E-state index in [2.05, 4.69) is 0 Å². The van der Waals surface area contributed by atoms with Crippen molar-refractivity contribution < 1.29 is 0 Å². The fourth-order valence-corrected chi connectivity index (χ4v) is 1.71. The van der Waals surface area contributed by atoms with Gasteiger partial charge in [-0.3, -0.25) is 0 Å². The third-order valence-corrected chi connectivity index (χ3v) is 2.61. The van der Waals surface area contributed by atoms with E-state index in [4.69, 9.17) is 16.9 Å². The molecule has 1 nitrogen and oxygen atoms in total. The molecule has 0 aromatic carbocycles. The average molecular weight is 184 g/mol. The highest BCUT2D eigenvalue weighted by Gasteiger charge is 1.98. The van der Waals surface area contributed by atoms with E-state index in [0.717, 1.165) is 14.8 Å². The minimum absolute atomic E-state index is 0.755. The Hall–Kier alpha value is -0.780. The number of nitrogens with zero attached hydrogens (tertiary/aromatic N) is 1. The van der Waals surface area contributed by atoms with Crippen LogP contribution in [0, 0.1) is 11.3 Å². The van der Waals surface area contributed by atoms with Crippen LogP contribution in [0.2, 0.25) is 4.34 Å². The number of rotatable bonds is 1. The fourth-order valence-electron chi connectivity index (χ4n) is 0.694. The van der Waals surface area contributed by atoms with Crippen molar-refractivity contribution >= 4 is 28.5 Å². The highest BCUT2D eigenvalue weighted by atomic mass is 35.5. The molecular formula is C8H6ClNS. The van der Waals surface area contributed by atoms with Crippen LogP contribution < -0.4 is 0 Å². The van der Waals surface area contributed by atoms with E-state index in [9.17, 15) is 0 Å². The molecule has 0 atom stereocenters. The average Bonchev–Trinajstić information content (AvgIpc) is 2.36. The van der Waals surface area contributed by atoms with Crippen molar-refractivity contribution in [3.8, 4) is 6.07 Å². The van der Waals surface area contributed by atoms with E-state index in [-0.39, 0.29) is 0 Å². The van der Waals surface area contributed by atoms with Crippen molar-refractivity contribution in [3.63, 3.8) is 0 Å². The number of hydrogen-bond acceptors (Lipinski definition) is 2. The zero-order chi connectivity index (χ0) is 8.27. The number of halogens is 1. The fraction of sp³-hybridized carbons (Fsp3) is 0.125. The van der Waals surface area contributed by atoms with E-state index in [1.807, 2.05) is 25.1 Å². The molecule has 0 N–H and O–H groups in total. The first-order chi connectivity index (χ1) is 5.24. The van der Waals surface area contributed by atoms with Gasteiger partial charge in [-0.1, -0.05) is 11.6 Å². The summed E-state index contributed by atoms with van der Waals surface area (Å²) in [6.45, 7) is 1.89. The van der Waals surface area contributed by atoms with Crippen molar-refractivity contribution in [1.82, 2.24) is 0 Å². The molecule has 3 heteroatoms. The summed E-state index contributed by atoms with van der Waals surface area (Å²) in [7, 11) is 0. The molecule has 0 fully saturated rings. The third-order valence-electron chi connectivity index (χ3n) is 1.24. The predicted octanol–water partition coefficient (Wildman–Crippen LogP) is 3.33. The molecule has 0 saturated carbocycles. The van der Waals surface area contributed by atoms with Gasteiger partial charge in [-0.15, -0.1) is 11.3 Å². The minimum Gasteiger partial charge on any atom is -0.193 e. The van der Waals surface area contributed by atoms with E-state index in [1.54, 1.807) is 0 Å². The summed E-state index contributed by atoms with van der Waals surface area (Å²) >= 11 is 7.19. The molecule has 0 aliphatic heterocycles.